The van der Waals surface area contributed by atoms with E-state index in [9.17, 15) is 29.9 Å². The lowest BCUT2D eigenvalue weighted by Gasteiger charge is -2.59. The largest absolute Gasteiger partial charge is 0.460 e. The Morgan fingerprint density at radius 3 is 2.39 bits per heavy atom. The molecule has 4 aromatic rings. The summed E-state index contributed by atoms with van der Waals surface area (Å²) in [5.41, 5.74) is 3.44. The smallest absolute Gasteiger partial charge is 0.269 e. The summed E-state index contributed by atoms with van der Waals surface area (Å²) in [6.07, 6.45) is 8.84. The quantitative estimate of drug-likeness (QED) is 0.0197. The van der Waals surface area contributed by atoms with Gasteiger partial charge in [-0.05, 0) is 122 Å². The second kappa shape index (κ2) is 22.9. The highest BCUT2D eigenvalue weighted by Gasteiger charge is 2.66. The number of anilines is 1. The third-order valence-electron chi connectivity index (χ3n) is 13.0. The lowest BCUT2D eigenvalue weighted by Crippen LogP contribution is -2.70. The Morgan fingerprint density at radius 1 is 1.00 bits per heavy atom. The van der Waals surface area contributed by atoms with Crippen LogP contribution in [-0.2, 0) is 31.0 Å². The van der Waals surface area contributed by atoms with E-state index in [1.54, 1.807) is 54.6 Å². The maximum Gasteiger partial charge on any atom is 0.269 e. The van der Waals surface area contributed by atoms with E-state index in [4.69, 9.17) is 24.2 Å². The van der Waals surface area contributed by atoms with Crippen LogP contribution in [0.15, 0.2) is 125 Å². The molecule has 6 atom stereocenters. The fourth-order valence-electron chi connectivity index (χ4n) is 10.1. The zero-order chi connectivity index (χ0) is 49.1. The number of oxime groups is 1. The van der Waals surface area contributed by atoms with Gasteiger partial charge in [0.05, 0.1) is 34.1 Å². The van der Waals surface area contributed by atoms with E-state index in [2.05, 4.69) is 18.0 Å². The number of aliphatic hydroxyl groups is 2. The van der Waals surface area contributed by atoms with Crippen molar-refractivity contribution in [3.8, 4) is 17.2 Å². The normalized spacial score (nSPS) is 22.1. The highest BCUT2D eigenvalue weighted by molar-refractivity contribution is 7.89. The maximum atomic E-state index is 15.3. The van der Waals surface area contributed by atoms with Gasteiger partial charge < -0.3 is 34.6 Å². The number of carbonyl (C=O) groups excluding carboxylic acids is 2. The van der Waals surface area contributed by atoms with Crippen LogP contribution in [0.1, 0.15) is 92.6 Å². The van der Waals surface area contributed by atoms with E-state index in [1.807, 2.05) is 13.0 Å². The lowest BCUT2D eigenvalue weighted by atomic mass is 9.55. The van der Waals surface area contributed by atoms with Crippen LogP contribution in [0.4, 0.5) is 11.4 Å². The van der Waals surface area contributed by atoms with Gasteiger partial charge in [-0.1, -0.05) is 49.2 Å². The number of nitrogens with one attached hydrogen (secondary N) is 1. The number of allylic oxidation sites excluding steroid dienone is 1. The molecule has 69 heavy (non-hydrogen) atoms. The molecule has 1 amide bonds. The van der Waals surface area contributed by atoms with E-state index < -0.39 is 38.6 Å². The average Bonchev–Trinajstić information content (AvgIpc) is 3.34. The Morgan fingerprint density at radius 2 is 1.72 bits per heavy atom. The Bertz CT molecular complexity index is 2640. The standard InChI is InChI=1S/C52H60N4O12S/c1-4-25-55(69(63,64)43-22-17-39(18-23-43)53-35(3)60)49-32-47(54-66-34-36-15-19-40(20-16-36)56(61)62)45-30-38(12-6-8-26-57)44(14-7-9-27-58)50-46-31-42(67-41-13-10-11-37(29-41)33-59)21-24-48(46)68-52(49,51(45)50)65-28-5-2/h5,10-11,13,15-24,29-31,33,38,44,49-51,57-58H,2,4,6-9,12,14,25-28,32,34H2,1,3H3,(H,53,60). The number of hydrogen-bond acceptors (Lipinski definition) is 13. The molecule has 2 aliphatic carbocycles. The van der Waals surface area contributed by atoms with Crippen LogP contribution < -0.4 is 14.8 Å². The molecule has 6 unspecified atom stereocenters. The summed E-state index contributed by atoms with van der Waals surface area (Å²) in [4.78, 5) is 40.7. The number of fused-ring (bicyclic) bond motifs is 2. The number of ether oxygens (including phenoxy) is 3. The molecule has 0 bridgehead atoms. The van der Waals surface area contributed by atoms with Crippen molar-refractivity contribution < 1.29 is 52.2 Å². The summed E-state index contributed by atoms with van der Waals surface area (Å²) >= 11 is 0. The Balaban J connectivity index is 1.45. The van der Waals surface area contributed by atoms with Crippen LogP contribution in [0.3, 0.4) is 0 Å². The minimum atomic E-state index is -4.36. The summed E-state index contributed by atoms with van der Waals surface area (Å²) in [5.74, 6) is -1.95. The summed E-state index contributed by atoms with van der Waals surface area (Å²) in [5, 5.41) is 38.9. The first kappa shape index (κ1) is 50.6. The number of benzene rings is 4. The molecule has 3 N–H and O–H groups in total. The maximum absolute atomic E-state index is 15.3. The molecule has 4 aromatic carbocycles. The Kier molecular flexibility index (Phi) is 16.8. The number of nitro benzene ring substituents is 1. The molecule has 1 heterocycles. The third kappa shape index (κ3) is 11.3. The highest BCUT2D eigenvalue weighted by atomic mass is 32.2. The molecular weight excluding hydrogens is 905 g/mol. The van der Waals surface area contributed by atoms with Gasteiger partial charge in [0.2, 0.25) is 21.7 Å². The second-order valence-electron chi connectivity index (χ2n) is 17.6. The molecule has 366 valence electrons. The van der Waals surface area contributed by atoms with Crippen LogP contribution in [0, 0.1) is 27.9 Å². The number of non-ortho nitro benzene ring substituents is 1. The van der Waals surface area contributed by atoms with Crippen molar-refractivity contribution in [3.05, 3.63) is 142 Å². The van der Waals surface area contributed by atoms with E-state index in [-0.39, 0.29) is 67.7 Å². The van der Waals surface area contributed by atoms with Crippen molar-refractivity contribution in [2.24, 2.45) is 22.9 Å². The molecule has 0 aromatic heterocycles. The summed E-state index contributed by atoms with van der Waals surface area (Å²) < 4.78 is 52.8. The third-order valence-corrected chi connectivity index (χ3v) is 14.9. The number of aldehydes is 1. The second-order valence-corrected chi connectivity index (χ2v) is 19.5. The molecule has 0 radical (unpaired) electrons. The van der Waals surface area contributed by atoms with Gasteiger partial charge in [-0.2, -0.15) is 4.31 Å². The van der Waals surface area contributed by atoms with Crippen molar-refractivity contribution in [1.29, 1.82) is 0 Å². The molecule has 16 nitrogen and oxygen atoms in total. The first-order chi connectivity index (χ1) is 33.4. The number of nitro groups is 1. The topological polar surface area (TPSA) is 216 Å². The van der Waals surface area contributed by atoms with E-state index >= 15 is 8.42 Å². The number of unbranched alkanes of at least 4 members (excludes halogenated alkanes) is 2. The van der Waals surface area contributed by atoms with Crippen molar-refractivity contribution in [1.82, 2.24) is 4.31 Å². The van der Waals surface area contributed by atoms with Gasteiger partial charge in [0.25, 0.3) is 5.69 Å². The number of aliphatic hydroxyl groups excluding tert-OH is 2. The van der Waals surface area contributed by atoms with Gasteiger partial charge in [-0.25, -0.2) is 8.42 Å². The SMILES string of the molecule is C=CCOC12Oc3ccc(Oc4cccc(C=O)c4)cc3C3C(CCCCO)C(CCCCO)C=C(C(=NOCc4ccc([N+](=O)[O-])cc4)CC1N(CCC)S(=O)(=O)c1ccc(NC(C)=O)cc1)C32. The zero-order valence-corrected chi connectivity index (χ0v) is 39.7. The van der Waals surface area contributed by atoms with Crippen LogP contribution in [0.25, 0.3) is 0 Å². The predicted octanol–water partition coefficient (Wildman–Crippen LogP) is 9.09. The van der Waals surface area contributed by atoms with Crippen LogP contribution in [0.2, 0.25) is 0 Å². The van der Waals surface area contributed by atoms with E-state index in [0.29, 0.717) is 84.7 Å². The highest BCUT2D eigenvalue weighted by Crippen LogP contribution is 2.62. The van der Waals surface area contributed by atoms with E-state index in [0.717, 1.165) is 17.4 Å². The molecule has 1 aliphatic heterocycles. The minimum Gasteiger partial charge on any atom is -0.460 e. The van der Waals surface area contributed by atoms with Crippen molar-refractivity contribution >= 4 is 39.3 Å². The number of sulfonamides is 1. The van der Waals surface area contributed by atoms with Gasteiger partial charge in [0.1, 0.15) is 30.1 Å². The summed E-state index contributed by atoms with van der Waals surface area (Å²) in [7, 11) is -4.36. The first-order valence-corrected chi connectivity index (χ1v) is 24.9. The lowest BCUT2D eigenvalue weighted by molar-refractivity contribution is -0.384. The molecule has 7 rings (SSSR count). The number of nitrogens with zero attached hydrogens (tertiary/aromatic N) is 3. The molecule has 3 aliphatic rings. The summed E-state index contributed by atoms with van der Waals surface area (Å²) in [6.45, 7) is 7.27. The molecular formula is C52H60N4O12S. The molecule has 0 spiro atoms. The fraction of sp³-hybridized carbons (Fsp3) is 0.404. The van der Waals surface area contributed by atoms with Crippen molar-refractivity contribution in [2.75, 3.05) is 31.7 Å². The van der Waals surface area contributed by atoms with Crippen LogP contribution in [0.5, 0.6) is 17.2 Å². The summed E-state index contributed by atoms with van der Waals surface area (Å²) in [6, 6.07) is 23.2. The zero-order valence-electron chi connectivity index (χ0n) is 38.9. The first-order valence-electron chi connectivity index (χ1n) is 23.4. The van der Waals surface area contributed by atoms with Gasteiger partial charge in [0.15, 0.2) is 0 Å². The molecule has 0 saturated heterocycles. The monoisotopic (exact) mass is 964 g/mol. The van der Waals surface area contributed by atoms with Crippen LogP contribution in [-0.4, -0.2) is 84.0 Å². The van der Waals surface area contributed by atoms with Gasteiger partial charge in [-0.3, -0.25) is 19.7 Å². The predicted molar refractivity (Wildman–Crippen MR) is 260 cm³/mol. The molecule has 17 heteroatoms. The van der Waals surface area contributed by atoms with Crippen molar-refractivity contribution in [2.45, 2.75) is 94.5 Å². The number of hydrogen-bond donors (Lipinski definition) is 3. The van der Waals surface area contributed by atoms with Crippen LogP contribution >= 0.6 is 0 Å². The Labute approximate surface area is 402 Å². The molecule has 1 fully saturated rings. The van der Waals surface area contributed by atoms with Gasteiger partial charge in [0, 0.05) is 68.0 Å². The van der Waals surface area contributed by atoms with E-state index in [1.165, 1.54) is 47.6 Å². The Hall–Kier alpha value is -6.24. The number of rotatable bonds is 24. The van der Waals surface area contributed by atoms with Gasteiger partial charge >= 0.3 is 0 Å². The average molecular weight is 965 g/mol. The van der Waals surface area contributed by atoms with Gasteiger partial charge in [-0.15, -0.1) is 6.58 Å². The van der Waals surface area contributed by atoms with Crippen molar-refractivity contribution in [3.63, 3.8) is 0 Å². The number of amides is 1. The number of carbonyl (C=O) groups is 2. The minimum absolute atomic E-state index is 0.00160. The fourth-order valence-corrected chi connectivity index (χ4v) is 11.8. The molecule has 1 saturated carbocycles.